The van der Waals surface area contributed by atoms with Crippen LogP contribution in [-0.4, -0.2) is 42.6 Å². The first-order valence-corrected chi connectivity index (χ1v) is 11.3. The third-order valence-electron chi connectivity index (χ3n) is 6.21. The molecule has 1 aromatic carbocycles. The van der Waals surface area contributed by atoms with Gasteiger partial charge in [0.25, 0.3) is 0 Å². The van der Waals surface area contributed by atoms with E-state index in [4.69, 9.17) is 0 Å². The fourth-order valence-electron chi connectivity index (χ4n) is 4.17. The van der Waals surface area contributed by atoms with E-state index in [1.807, 2.05) is 13.2 Å². The van der Waals surface area contributed by atoms with Crippen LogP contribution in [0.4, 0.5) is 5.82 Å². The molecule has 2 aromatic heterocycles. The van der Waals surface area contributed by atoms with Gasteiger partial charge < -0.3 is 20.5 Å². The number of nitrogens with one attached hydrogen (secondary N) is 3. The van der Waals surface area contributed by atoms with Crippen LogP contribution in [0.25, 0.3) is 10.9 Å². The van der Waals surface area contributed by atoms with Crippen molar-refractivity contribution in [3.63, 3.8) is 0 Å². The van der Waals surface area contributed by atoms with Gasteiger partial charge in [-0.05, 0) is 60.9 Å². The number of piperidine rings is 1. The van der Waals surface area contributed by atoms with Crippen LogP contribution in [-0.2, 0) is 13.0 Å². The number of guanidine groups is 1. The second-order valence-corrected chi connectivity index (χ2v) is 8.66. The van der Waals surface area contributed by atoms with E-state index in [0.717, 1.165) is 49.3 Å². The Balaban J connectivity index is 1.24. The van der Waals surface area contributed by atoms with E-state index in [2.05, 4.69) is 80.9 Å². The fourth-order valence-corrected chi connectivity index (χ4v) is 4.17. The van der Waals surface area contributed by atoms with Gasteiger partial charge in [-0.15, -0.1) is 0 Å². The van der Waals surface area contributed by atoms with Crippen LogP contribution in [0.15, 0.2) is 47.7 Å². The maximum atomic E-state index is 4.68. The molecule has 6 nitrogen and oxygen atoms in total. The van der Waals surface area contributed by atoms with Gasteiger partial charge in [-0.3, -0.25) is 4.99 Å². The number of fused-ring (bicyclic) bond motifs is 1. The van der Waals surface area contributed by atoms with Gasteiger partial charge in [0.1, 0.15) is 5.82 Å². The van der Waals surface area contributed by atoms with Gasteiger partial charge in [-0.1, -0.05) is 25.1 Å². The summed E-state index contributed by atoms with van der Waals surface area (Å²) in [7, 11) is 1.81. The summed E-state index contributed by atoms with van der Waals surface area (Å²) in [4.78, 5) is 14.8. The number of rotatable bonds is 6. The molecule has 3 N–H and O–H groups in total. The molecule has 164 valence electrons. The summed E-state index contributed by atoms with van der Waals surface area (Å²) in [5, 5.41) is 8.11. The zero-order valence-electron chi connectivity index (χ0n) is 18.9. The molecule has 0 bridgehead atoms. The summed E-state index contributed by atoms with van der Waals surface area (Å²) in [6.07, 6.45) is 7.53. The number of aromatic amines is 1. The molecule has 1 saturated heterocycles. The third-order valence-corrected chi connectivity index (χ3v) is 6.21. The molecule has 0 radical (unpaired) electrons. The van der Waals surface area contributed by atoms with Gasteiger partial charge in [0.15, 0.2) is 5.96 Å². The van der Waals surface area contributed by atoms with Crippen molar-refractivity contribution in [1.82, 2.24) is 20.6 Å². The van der Waals surface area contributed by atoms with E-state index in [0.29, 0.717) is 6.54 Å². The Bertz CT molecular complexity index is 1010. The first kappa shape index (κ1) is 21.2. The second-order valence-electron chi connectivity index (χ2n) is 8.66. The monoisotopic (exact) mass is 418 g/mol. The van der Waals surface area contributed by atoms with Crippen LogP contribution >= 0.6 is 0 Å². The molecule has 1 aliphatic heterocycles. The number of aromatic nitrogens is 2. The van der Waals surface area contributed by atoms with Crippen molar-refractivity contribution in [1.29, 1.82) is 0 Å². The number of aliphatic imine (C=N–C) groups is 1. The van der Waals surface area contributed by atoms with E-state index in [-0.39, 0.29) is 0 Å². The maximum absolute atomic E-state index is 4.68. The molecule has 0 saturated carbocycles. The molecule has 3 aromatic rings. The molecule has 0 unspecified atom stereocenters. The molecular weight excluding hydrogens is 384 g/mol. The summed E-state index contributed by atoms with van der Waals surface area (Å²) in [5.41, 5.74) is 4.96. The van der Waals surface area contributed by atoms with Gasteiger partial charge in [0.2, 0.25) is 0 Å². The number of hydrogen-bond donors (Lipinski definition) is 3. The number of hydrogen-bond acceptors (Lipinski definition) is 3. The number of aryl methyl sites for hydroxylation is 1. The predicted molar refractivity (Wildman–Crippen MR) is 130 cm³/mol. The highest BCUT2D eigenvalue weighted by Gasteiger charge is 2.16. The van der Waals surface area contributed by atoms with E-state index in [1.165, 1.54) is 34.9 Å². The highest BCUT2D eigenvalue weighted by Crippen LogP contribution is 2.21. The van der Waals surface area contributed by atoms with Crippen molar-refractivity contribution in [2.24, 2.45) is 10.9 Å². The van der Waals surface area contributed by atoms with Crippen LogP contribution in [0.5, 0.6) is 0 Å². The van der Waals surface area contributed by atoms with Crippen molar-refractivity contribution in [2.45, 2.75) is 39.7 Å². The average molecular weight is 419 g/mol. The van der Waals surface area contributed by atoms with Crippen LogP contribution < -0.4 is 15.5 Å². The molecule has 4 rings (SSSR count). The van der Waals surface area contributed by atoms with E-state index in [1.54, 1.807) is 0 Å². The molecule has 0 amide bonds. The van der Waals surface area contributed by atoms with E-state index >= 15 is 0 Å². The number of nitrogens with zero attached hydrogens (tertiary/aromatic N) is 3. The van der Waals surface area contributed by atoms with Crippen LogP contribution in [0.3, 0.4) is 0 Å². The molecule has 1 fully saturated rings. The Morgan fingerprint density at radius 1 is 1.19 bits per heavy atom. The topological polar surface area (TPSA) is 68.3 Å². The smallest absolute Gasteiger partial charge is 0.191 e. The number of benzene rings is 1. The number of H-pyrrole nitrogens is 1. The maximum Gasteiger partial charge on any atom is 0.191 e. The van der Waals surface area contributed by atoms with Crippen molar-refractivity contribution in [2.75, 3.05) is 31.6 Å². The lowest BCUT2D eigenvalue weighted by atomic mass is 9.99. The fraction of sp³-hybridized carbons (Fsp3) is 0.440. The van der Waals surface area contributed by atoms with Gasteiger partial charge in [-0.2, -0.15) is 0 Å². The summed E-state index contributed by atoms with van der Waals surface area (Å²) in [6, 6.07) is 10.9. The normalized spacial score (nSPS) is 15.5. The second kappa shape index (κ2) is 9.86. The zero-order chi connectivity index (χ0) is 21.6. The largest absolute Gasteiger partial charge is 0.361 e. The molecule has 1 aliphatic rings. The summed E-state index contributed by atoms with van der Waals surface area (Å²) >= 11 is 0. The lowest BCUT2D eigenvalue weighted by molar-refractivity contribution is 0.436. The van der Waals surface area contributed by atoms with Crippen molar-refractivity contribution in [3.05, 3.63) is 59.4 Å². The SMILES string of the molecule is CN=C(NCCc1c[nH]c2cc(C)ccc12)NCc1ccc(N2CCC(C)CC2)nc1. The van der Waals surface area contributed by atoms with Crippen molar-refractivity contribution < 1.29 is 0 Å². The third kappa shape index (κ3) is 5.37. The quantitative estimate of drug-likeness (QED) is 0.418. The van der Waals surface area contributed by atoms with Gasteiger partial charge in [0.05, 0.1) is 0 Å². The first-order chi connectivity index (χ1) is 15.1. The first-order valence-electron chi connectivity index (χ1n) is 11.3. The van der Waals surface area contributed by atoms with E-state index in [9.17, 15) is 0 Å². The summed E-state index contributed by atoms with van der Waals surface area (Å²) < 4.78 is 0. The van der Waals surface area contributed by atoms with E-state index < -0.39 is 0 Å². The molecule has 3 heterocycles. The predicted octanol–water partition coefficient (Wildman–Crippen LogP) is 4.02. The Morgan fingerprint density at radius 2 is 2.03 bits per heavy atom. The van der Waals surface area contributed by atoms with Gasteiger partial charge in [-0.25, -0.2) is 4.98 Å². The van der Waals surface area contributed by atoms with Crippen LogP contribution in [0.1, 0.15) is 36.5 Å². The summed E-state index contributed by atoms with van der Waals surface area (Å²) in [6.45, 7) is 8.20. The number of anilines is 1. The van der Waals surface area contributed by atoms with Crippen LogP contribution in [0, 0.1) is 12.8 Å². The van der Waals surface area contributed by atoms with Crippen molar-refractivity contribution in [3.8, 4) is 0 Å². The van der Waals surface area contributed by atoms with Crippen molar-refractivity contribution >= 4 is 22.7 Å². The standard InChI is InChI=1S/C25H34N6/c1-18-9-12-31(13-10-18)24-7-5-20(15-29-24)16-30-25(26-3)27-11-8-21-17-28-23-14-19(2)4-6-22(21)23/h4-7,14-15,17-18,28H,8-13,16H2,1-3H3,(H2,26,27,30). The lowest BCUT2D eigenvalue weighted by Crippen LogP contribution is -2.38. The lowest BCUT2D eigenvalue weighted by Gasteiger charge is -2.31. The molecule has 6 heteroatoms. The molecule has 0 aliphatic carbocycles. The minimum absolute atomic E-state index is 0.705. The Hall–Kier alpha value is -3.02. The molecular formula is C25H34N6. The Morgan fingerprint density at radius 3 is 2.77 bits per heavy atom. The Labute approximate surface area is 185 Å². The Kier molecular flexibility index (Phi) is 6.75. The zero-order valence-corrected chi connectivity index (χ0v) is 18.9. The molecule has 0 spiro atoms. The molecule has 31 heavy (non-hydrogen) atoms. The van der Waals surface area contributed by atoms with Gasteiger partial charge >= 0.3 is 0 Å². The minimum atomic E-state index is 0.705. The average Bonchev–Trinajstić information content (AvgIpc) is 3.19. The molecule has 0 atom stereocenters. The number of pyridine rings is 1. The van der Waals surface area contributed by atoms with Crippen LogP contribution in [0.2, 0.25) is 0 Å². The highest BCUT2D eigenvalue weighted by atomic mass is 15.2. The van der Waals surface area contributed by atoms with Gasteiger partial charge in [0, 0.05) is 56.5 Å². The summed E-state index contributed by atoms with van der Waals surface area (Å²) in [5.74, 6) is 2.73. The highest BCUT2D eigenvalue weighted by molar-refractivity contribution is 5.84. The minimum Gasteiger partial charge on any atom is -0.361 e.